The Balaban J connectivity index is 1.50. The molecule has 1 N–H and O–H groups in total. The summed E-state index contributed by atoms with van der Waals surface area (Å²) in [7, 11) is 1.69. The largest absolute Gasteiger partial charge is 0.334 e. The summed E-state index contributed by atoms with van der Waals surface area (Å²) >= 11 is 1.57. The van der Waals surface area contributed by atoms with Gasteiger partial charge in [-0.2, -0.15) is 5.26 Å². The average Bonchev–Trinajstić information content (AvgIpc) is 2.83. The second-order valence-corrected chi connectivity index (χ2v) is 8.30. The molecule has 158 valence electrons. The van der Waals surface area contributed by atoms with E-state index in [1.54, 1.807) is 60.1 Å². The predicted octanol–water partition coefficient (Wildman–Crippen LogP) is 4.36. The Bertz CT molecular complexity index is 1370. The van der Waals surface area contributed by atoms with Crippen molar-refractivity contribution in [1.82, 2.24) is 14.9 Å². The molecule has 1 heterocycles. The normalized spacial score (nSPS) is 10.6. The Labute approximate surface area is 189 Å². The van der Waals surface area contributed by atoms with Gasteiger partial charge in [0.15, 0.2) is 0 Å². The molecule has 7 heteroatoms. The maximum atomic E-state index is 13.2. The summed E-state index contributed by atoms with van der Waals surface area (Å²) in [4.78, 5) is 35.2. The number of hydrogen-bond donors (Lipinski definition) is 1. The Morgan fingerprint density at radius 2 is 1.78 bits per heavy atom. The number of hydrogen-bond acceptors (Lipinski definition) is 5. The average molecular weight is 441 g/mol. The van der Waals surface area contributed by atoms with E-state index in [0.717, 1.165) is 10.5 Å². The van der Waals surface area contributed by atoms with Crippen molar-refractivity contribution in [3.63, 3.8) is 0 Å². The quantitative estimate of drug-likeness (QED) is 0.450. The van der Waals surface area contributed by atoms with Gasteiger partial charge in [0.2, 0.25) is 0 Å². The van der Waals surface area contributed by atoms with Gasteiger partial charge < -0.3 is 9.88 Å². The van der Waals surface area contributed by atoms with E-state index < -0.39 is 0 Å². The molecule has 0 radical (unpaired) electrons. The first kappa shape index (κ1) is 21.3. The summed E-state index contributed by atoms with van der Waals surface area (Å²) in [5, 5.41) is 9.46. The molecular weight excluding hydrogens is 420 g/mol. The monoisotopic (exact) mass is 440 g/mol. The van der Waals surface area contributed by atoms with Gasteiger partial charge in [0.1, 0.15) is 5.82 Å². The first-order chi connectivity index (χ1) is 15.5. The van der Waals surface area contributed by atoms with Gasteiger partial charge in [0, 0.05) is 17.7 Å². The van der Waals surface area contributed by atoms with Crippen molar-refractivity contribution in [3.05, 3.63) is 106 Å². The second-order valence-electron chi connectivity index (χ2n) is 7.28. The van der Waals surface area contributed by atoms with E-state index in [0.29, 0.717) is 33.6 Å². The number of thioether (sulfide) groups is 1. The van der Waals surface area contributed by atoms with Gasteiger partial charge in [-0.05, 0) is 42.0 Å². The van der Waals surface area contributed by atoms with Crippen LogP contribution in [0.15, 0.2) is 82.5 Å². The van der Waals surface area contributed by atoms with Crippen molar-refractivity contribution < 1.29 is 4.79 Å². The van der Waals surface area contributed by atoms with Gasteiger partial charge in [0.05, 0.1) is 34.6 Å². The molecule has 0 aliphatic carbocycles. The molecule has 4 aromatic rings. The van der Waals surface area contributed by atoms with Crippen molar-refractivity contribution in [3.8, 4) is 6.07 Å². The van der Waals surface area contributed by atoms with Crippen LogP contribution in [0.1, 0.15) is 27.3 Å². The van der Waals surface area contributed by atoms with Crippen molar-refractivity contribution >= 4 is 28.6 Å². The number of benzene rings is 3. The van der Waals surface area contributed by atoms with Gasteiger partial charge in [0.25, 0.3) is 11.5 Å². The fourth-order valence-electron chi connectivity index (χ4n) is 3.32. The van der Waals surface area contributed by atoms with Gasteiger partial charge in [-0.15, -0.1) is 11.8 Å². The number of H-pyrrole nitrogens is 1. The summed E-state index contributed by atoms with van der Waals surface area (Å²) in [5.74, 6) is 0.968. The molecule has 32 heavy (non-hydrogen) atoms. The Morgan fingerprint density at radius 3 is 2.56 bits per heavy atom. The van der Waals surface area contributed by atoms with Crippen LogP contribution in [0.25, 0.3) is 10.9 Å². The summed E-state index contributed by atoms with van der Waals surface area (Å²) in [5.41, 5.74) is 2.67. The van der Waals surface area contributed by atoms with Crippen LogP contribution in [0.3, 0.4) is 0 Å². The number of amides is 1. The van der Waals surface area contributed by atoms with E-state index in [2.05, 4.69) is 16.0 Å². The maximum absolute atomic E-state index is 13.2. The van der Waals surface area contributed by atoms with Crippen LogP contribution in [0.5, 0.6) is 0 Å². The molecule has 1 amide bonds. The number of aromatic nitrogens is 2. The molecule has 0 bridgehead atoms. The fourth-order valence-corrected chi connectivity index (χ4v) is 4.32. The Kier molecular flexibility index (Phi) is 6.34. The number of aromatic amines is 1. The van der Waals surface area contributed by atoms with E-state index in [-0.39, 0.29) is 18.0 Å². The zero-order valence-corrected chi connectivity index (χ0v) is 18.2. The van der Waals surface area contributed by atoms with Gasteiger partial charge in [-0.1, -0.05) is 36.4 Å². The second kappa shape index (κ2) is 9.50. The van der Waals surface area contributed by atoms with E-state index in [1.165, 1.54) is 0 Å². The lowest BCUT2D eigenvalue weighted by Gasteiger charge is -2.18. The zero-order valence-electron chi connectivity index (χ0n) is 17.4. The lowest BCUT2D eigenvalue weighted by molar-refractivity contribution is 0.0778. The summed E-state index contributed by atoms with van der Waals surface area (Å²) in [6, 6.07) is 24.1. The van der Waals surface area contributed by atoms with Crippen LogP contribution in [0.4, 0.5) is 0 Å². The van der Waals surface area contributed by atoms with Gasteiger partial charge >= 0.3 is 0 Å². The SMILES string of the molecule is CN(Cc1nc2ccccc2c(=O)[nH]1)C(=O)c1ccccc1SCc1ccc(C#N)cc1. The summed E-state index contributed by atoms with van der Waals surface area (Å²) in [6.07, 6.45) is 0. The minimum atomic E-state index is -0.218. The van der Waals surface area contributed by atoms with Crippen molar-refractivity contribution in [2.24, 2.45) is 0 Å². The summed E-state index contributed by atoms with van der Waals surface area (Å²) < 4.78 is 0. The molecule has 0 aliphatic heterocycles. The molecule has 0 unspecified atom stereocenters. The molecule has 0 spiro atoms. The first-order valence-corrected chi connectivity index (χ1v) is 11.0. The highest BCUT2D eigenvalue weighted by Gasteiger charge is 2.17. The number of para-hydroxylation sites is 1. The third-order valence-corrected chi connectivity index (χ3v) is 6.14. The minimum absolute atomic E-state index is 0.149. The number of nitriles is 1. The van der Waals surface area contributed by atoms with Crippen LogP contribution in [0.2, 0.25) is 0 Å². The number of carbonyl (C=O) groups excluding carboxylic acids is 1. The predicted molar refractivity (Wildman–Crippen MR) is 125 cm³/mol. The smallest absolute Gasteiger partial charge is 0.258 e. The van der Waals surface area contributed by atoms with Crippen LogP contribution < -0.4 is 5.56 Å². The number of rotatable bonds is 6. The van der Waals surface area contributed by atoms with Crippen LogP contribution in [-0.2, 0) is 12.3 Å². The standard InChI is InChI=1S/C25H20N4O2S/c1-29(15-23-27-21-8-4-2-6-19(21)24(30)28-23)25(31)20-7-3-5-9-22(20)32-16-18-12-10-17(14-26)11-13-18/h2-13H,15-16H2,1H3,(H,27,28,30). The molecule has 0 aliphatic rings. The molecular formula is C25H20N4O2S. The zero-order chi connectivity index (χ0) is 22.5. The number of nitrogens with one attached hydrogen (secondary N) is 1. The maximum Gasteiger partial charge on any atom is 0.258 e. The van der Waals surface area contributed by atoms with Gasteiger partial charge in [-0.3, -0.25) is 9.59 Å². The van der Waals surface area contributed by atoms with E-state index in [4.69, 9.17) is 5.26 Å². The highest BCUT2D eigenvalue weighted by Crippen LogP contribution is 2.27. The topological polar surface area (TPSA) is 89.8 Å². The molecule has 0 saturated heterocycles. The number of fused-ring (bicyclic) bond motifs is 1. The van der Waals surface area contributed by atoms with E-state index in [9.17, 15) is 9.59 Å². The van der Waals surface area contributed by atoms with Crippen molar-refractivity contribution in [2.45, 2.75) is 17.2 Å². The number of nitrogens with zero attached hydrogens (tertiary/aromatic N) is 3. The molecule has 1 aromatic heterocycles. The lowest BCUT2D eigenvalue weighted by atomic mass is 10.2. The summed E-state index contributed by atoms with van der Waals surface area (Å²) in [6.45, 7) is 0.188. The Hall–Kier alpha value is -3.89. The molecule has 4 rings (SSSR count). The number of carbonyl (C=O) groups is 1. The Morgan fingerprint density at radius 1 is 1.06 bits per heavy atom. The molecule has 0 saturated carbocycles. The third kappa shape index (κ3) is 4.71. The minimum Gasteiger partial charge on any atom is -0.334 e. The van der Waals surface area contributed by atoms with Crippen LogP contribution in [-0.4, -0.2) is 27.8 Å². The fraction of sp³-hybridized carbons (Fsp3) is 0.120. The van der Waals surface area contributed by atoms with E-state index in [1.807, 2.05) is 36.4 Å². The van der Waals surface area contributed by atoms with Crippen LogP contribution in [0, 0.1) is 11.3 Å². The molecule has 3 aromatic carbocycles. The van der Waals surface area contributed by atoms with Crippen molar-refractivity contribution in [2.75, 3.05) is 7.05 Å². The lowest BCUT2D eigenvalue weighted by Crippen LogP contribution is -2.28. The first-order valence-electron chi connectivity index (χ1n) is 9.99. The highest BCUT2D eigenvalue weighted by molar-refractivity contribution is 7.98. The molecule has 0 atom stereocenters. The van der Waals surface area contributed by atoms with Gasteiger partial charge in [-0.25, -0.2) is 4.98 Å². The van der Waals surface area contributed by atoms with Crippen LogP contribution >= 0.6 is 11.8 Å². The molecule has 6 nitrogen and oxygen atoms in total. The van der Waals surface area contributed by atoms with Crippen molar-refractivity contribution in [1.29, 1.82) is 5.26 Å². The highest BCUT2D eigenvalue weighted by atomic mass is 32.2. The molecule has 0 fully saturated rings. The van der Waals surface area contributed by atoms with E-state index >= 15 is 0 Å². The third-order valence-electron chi connectivity index (χ3n) is 4.99.